The van der Waals surface area contributed by atoms with E-state index in [1.54, 1.807) is 4.52 Å². The Labute approximate surface area is 133 Å². The molecule has 0 fully saturated rings. The van der Waals surface area contributed by atoms with Crippen LogP contribution in [-0.4, -0.2) is 19.8 Å². The van der Waals surface area contributed by atoms with Crippen molar-refractivity contribution in [3.05, 3.63) is 59.1 Å². The molecule has 0 saturated heterocycles. The molecule has 102 valence electrons. The molecule has 2 aromatic heterocycles. The van der Waals surface area contributed by atoms with Crippen LogP contribution < -0.4 is 0 Å². The van der Waals surface area contributed by atoms with E-state index in [9.17, 15) is 0 Å². The molecule has 0 aliphatic carbocycles. The number of hydrogen-bond donors (Lipinski definition) is 0. The average molecular weight is 357 g/mol. The molecule has 4 nitrogen and oxygen atoms in total. The Morgan fingerprint density at radius 1 is 0.857 bits per heavy atom. The standard InChI is InChI=1S/C15H9BrN4S/c16-12-8-6-11(7-9-12)14-19-20-13(17-18-15(20)21-14)10-4-2-1-3-5-10/h1-9H. The topological polar surface area (TPSA) is 43.1 Å². The van der Waals surface area contributed by atoms with Gasteiger partial charge >= 0.3 is 0 Å². The predicted molar refractivity (Wildman–Crippen MR) is 87.2 cm³/mol. The molecule has 0 aliphatic heterocycles. The van der Waals surface area contributed by atoms with Gasteiger partial charge in [0.2, 0.25) is 4.96 Å². The molecule has 0 N–H and O–H groups in total. The summed E-state index contributed by atoms with van der Waals surface area (Å²) in [4.78, 5) is 0.798. The lowest BCUT2D eigenvalue weighted by atomic mass is 10.2. The lowest BCUT2D eigenvalue weighted by Crippen LogP contribution is -1.90. The first-order valence-electron chi connectivity index (χ1n) is 6.35. The highest BCUT2D eigenvalue weighted by atomic mass is 79.9. The molecule has 0 unspecified atom stereocenters. The highest BCUT2D eigenvalue weighted by Crippen LogP contribution is 2.28. The van der Waals surface area contributed by atoms with Gasteiger partial charge in [0, 0.05) is 15.6 Å². The van der Waals surface area contributed by atoms with E-state index >= 15 is 0 Å². The van der Waals surface area contributed by atoms with Gasteiger partial charge in [-0.2, -0.15) is 9.61 Å². The van der Waals surface area contributed by atoms with E-state index in [0.29, 0.717) is 0 Å². The Morgan fingerprint density at radius 2 is 1.62 bits per heavy atom. The molecule has 2 heterocycles. The third-order valence-electron chi connectivity index (χ3n) is 3.11. The Morgan fingerprint density at radius 3 is 2.38 bits per heavy atom. The van der Waals surface area contributed by atoms with Gasteiger partial charge in [-0.25, -0.2) is 0 Å². The Balaban J connectivity index is 1.84. The summed E-state index contributed by atoms with van der Waals surface area (Å²) < 4.78 is 2.86. The van der Waals surface area contributed by atoms with Gasteiger partial charge in [-0.3, -0.25) is 0 Å². The smallest absolute Gasteiger partial charge is 0.182 e. The third-order valence-corrected chi connectivity index (χ3v) is 4.59. The molecule has 4 rings (SSSR count). The second kappa shape index (κ2) is 5.05. The minimum absolute atomic E-state index is 0.769. The van der Waals surface area contributed by atoms with Gasteiger partial charge in [-0.05, 0) is 12.1 Å². The molecule has 2 aromatic carbocycles. The monoisotopic (exact) mass is 356 g/mol. The summed E-state index contributed by atoms with van der Waals surface area (Å²) in [6, 6.07) is 18.1. The Bertz CT molecular complexity index is 896. The maximum absolute atomic E-state index is 4.64. The number of halogens is 1. The zero-order valence-electron chi connectivity index (χ0n) is 10.8. The minimum Gasteiger partial charge on any atom is -0.182 e. The van der Waals surface area contributed by atoms with Crippen molar-refractivity contribution in [2.45, 2.75) is 0 Å². The Hall–Kier alpha value is -2.05. The summed E-state index contributed by atoms with van der Waals surface area (Å²) in [6.45, 7) is 0. The van der Waals surface area contributed by atoms with Crippen molar-refractivity contribution >= 4 is 32.2 Å². The van der Waals surface area contributed by atoms with Crippen LogP contribution in [0.15, 0.2) is 59.1 Å². The highest BCUT2D eigenvalue weighted by molar-refractivity contribution is 9.10. The van der Waals surface area contributed by atoms with Gasteiger partial charge in [0.25, 0.3) is 0 Å². The summed E-state index contributed by atoms with van der Waals surface area (Å²) in [7, 11) is 0. The van der Waals surface area contributed by atoms with Crippen molar-refractivity contribution in [1.82, 2.24) is 19.8 Å². The fraction of sp³-hybridized carbons (Fsp3) is 0. The van der Waals surface area contributed by atoms with Crippen molar-refractivity contribution < 1.29 is 0 Å². The lowest BCUT2D eigenvalue weighted by Gasteiger charge is -1.96. The normalized spacial score (nSPS) is 11.1. The number of benzene rings is 2. The van der Waals surface area contributed by atoms with Gasteiger partial charge in [0.15, 0.2) is 5.82 Å². The van der Waals surface area contributed by atoms with Crippen LogP contribution in [-0.2, 0) is 0 Å². The van der Waals surface area contributed by atoms with Crippen molar-refractivity contribution in [1.29, 1.82) is 0 Å². The summed E-state index contributed by atoms with van der Waals surface area (Å²) in [5, 5.41) is 14.0. The second-order valence-electron chi connectivity index (χ2n) is 4.50. The lowest BCUT2D eigenvalue weighted by molar-refractivity contribution is 0.970. The van der Waals surface area contributed by atoms with Crippen LogP contribution in [0, 0.1) is 0 Å². The number of rotatable bonds is 2. The molecule has 21 heavy (non-hydrogen) atoms. The van der Waals surface area contributed by atoms with Crippen LogP contribution >= 0.6 is 27.3 Å². The molecular weight excluding hydrogens is 348 g/mol. The van der Waals surface area contributed by atoms with E-state index in [2.05, 4.69) is 31.2 Å². The van der Waals surface area contributed by atoms with Crippen molar-refractivity contribution in [3.8, 4) is 22.0 Å². The first-order chi connectivity index (χ1) is 10.3. The van der Waals surface area contributed by atoms with Crippen LogP contribution in [0.4, 0.5) is 0 Å². The van der Waals surface area contributed by atoms with E-state index in [-0.39, 0.29) is 0 Å². The molecule has 0 spiro atoms. The molecule has 0 bridgehead atoms. The zero-order chi connectivity index (χ0) is 14.2. The van der Waals surface area contributed by atoms with Crippen molar-refractivity contribution in [2.75, 3.05) is 0 Å². The van der Waals surface area contributed by atoms with E-state index < -0.39 is 0 Å². The van der Waals surface area contributed by atoms with Crippen LogP contribution in [0.3, 0.4) is 0 Å². The van der Waals surface area contributed by atoms with Gasteiger partial charge < -0.3 is 0 Å². The van der Waals surface area contributed by atoms with E-state index in [4.69, 9.17) is 0 Å². The van der Waals surface area contributed by atoms with Gasteiger partial charge in [0.05, 0.1) is 0 Å². The highest BCUT2D eigenvalue weighted by Gasteiger charge is 2.13. The van der Waals surface area contributed by atoms with Gasteiger partial charge in [0.1, 0.15) is 5.01 Å². The number of fused-ring (bicyclic) bond motifs is 1. The number of hydrogen-bond acceptors (Lipinski definition) is 4. The first-order valence-corrected chi connectivity index (χ1v) is 7.96. The van der Waals surface area contributed by atoms with Crippen LogP contribution in [0.1, 0.15) is 0 Å². The van der Waals surface area contributed by atoms with E-state index in [1.807, 2.05) is 54.6 Å². The molecular formula is C15H9BrN4S. The SMILES string of the molecule is Brc1ccc(-c2nn3c(-c4ccccc4)nnc3s2)cc1. The summed E-state index contributed by atoms with van der Waals surface area (Å²) in [5.41, 5.74) is 2.09. The second-order valence-corrected chi connectivity index (χ2v) is 6.37. The molecule has 0 amide bonds. The molecule has 0 radical (unpaired) electrons. The fourth-order valence-corrected chi connectivity index (χ4v) is 3.20. The van der Waals surface area contributed by atoms with E-state index in [0.717, 1.165) is 31.4 Å². The molecule has 0 atom stereocenters. The van der Waals surface area contributed by atoms with Crippen molar-refractivity contribution in [2.24, 2.45) is 0 Å². The van der Waals surface area contributed by atoms with Gasteiger partial charge in [-0.15, -0.1) is 10.2 Å². The summed E-state index contributed by atoms with van der Waals surface area (Å²) in [5.74, 6) is 0.769. The average Bonchev–Trinajstić information content (AvgIpc) is 3.09. The van der Waals surface area contributed by atoms with Crippen molar-refractivity contribution in [3.63, 3.8) is 0 Å². The molecule has 4 aromatic rings. The first kappa shape index (κ1) is 12.7. The Kier molecular flexibility index (Phi) is 3.05. The minimum atomic E-state index is 0.769. The maximum atomic E-state index is 4.64. The third kappa shape index (κ3) is 2.26. The number of nitrogens with zero attached hydrogens (tertiary/aromatic N) is 4. The van der Waals surface area contributed by atoms with Crippen LogP contribution in [0.2, 0.25) is 0 Å². The predicted octanol–water partition coefficient (Wildman–Crippen LogP) is 4.28. The van der Waals surface area contributed by atoms with Crippen LogP contribution in [0.5, 0.6) is 0 Å². The number of aromatic nitrogens is 4. The van der Waals surface area contributed by atoms with E-state index in [1.165, 1.54) is 11.3 Å². The maximum Gasteiger partial charge on any atom is 0.235 e. The largest absolute Gasteiger partial charge is 0.235 e. The van der Waals surface area contributed by atoms with Crippen LogP contribution in [0.25, 0.3) is 26.9 Å². The zero-order valence-corrected chi connectivity index (χ0v) is 13.2. The molecule has 6 heteroatoms. The molecule has 0 aliphatic rings. The fourth-order valence-electron chi connectivity index (χ4n) is 2.09. The summed E-state index contributed by atoms with van der Waals surface area (Å²) >= 11 is 4.98. The molecule has 0 saturated carbocycles. The van der Waals surface area contributed by atoms with Gasteiger partial charge in [-0.1, -0.05) is 69.7 Å². The quantitative estimate of drug-likeness (QED) is 0.538. The summed E-state index contributed by atoms with van der Waals surface area (Å²) in [6.07, 6.45) is 0.